The first-order valence-corrected chi connectivity index (χ1v) is 6.09. The molecule has 0 heterocycles. The van der Waals surface area contributed by atoms with Crippen LogP contribution in [0.2, 0.25) is 0 Å². The molecule has 3 nitrogen and oxygen atoms in total. The molecule has 0 aliphatic heterocycles. The largest absolute Gasteiger partial charge is 0.352 e. The van der Waals surface area contributed by atoms with E-state index in [-0.39, 0.29) is 11.9 Å². The van der Waals surface area contributed by atoms with Gasteiger partial charge < -0.3 is 10.6 Å². The van der Waals surface area contributed by atoms with Crippen LogP contribution in [0.4, 0.5) is 0 Å². The zero-order valence-corrected chi connectivity index (χ0v) is 11.1. The van der Waals surface area contributed by atoms with Crippen LogP contribution in [-0.4, -0.2) is 25.5 Å². The van der Waals surface area contributed by atoms with Crippen molar-refractivity contribution in [2.45, 2.75) is 46.1 Å². The molecule has 0 saturated carbocycles. The number of carbonyl (C=O) groups is 1. The van der Waals surface area contributed by atoms with Crippen molar-refractivity contribution in [1.82, 2.24) is 10.6 Å². The molecular formula is C13H26N2O. The van der Waals surface area contributed by atoms with Crippen LogP contribution in [0.25, 0.3) is 0 Å². The van der Waals surface area contributed by atoms with Crippen LogP contribution < -0.4 is 10.6 Å². The van der Waals surface area contributed by atoms with E-state index in [4.69, 9.17) is 0 Å². The maximum absolute atomic E-state index is 11.7. The molecule has 0 aliphatic rings. The first-order valence-electron chi connectivity index (χ1n) is 6.09. The minimum absolute atomic E-state index is 0.128. The zero-order valence-electron chi connectivity index (χ0n) is 11.1. The lowest BCUT2D eigenvalue weighted by molar-refractivity contribution is -0.122. The van der Waals surface area contributed by atoms with Gasteiger partial charge in [-0.15, -0.1) is 6.58 Å². The molecule has 16 heavy (non-hydrogen) atoms. The molecule has 0 fully saturated rings. The molecule has 0 aromatic carbocycles. The number of rotatable bonds is 8. The third-order valence-corrected chi connectivity index (χ3v) is 2.88. The summed E-state index contributed by atoms with van der Waals surface area (Å²) < 4.78 is 0. The van der Waals surface area contributed by atoms with Crippen LogP contribution in [0.1, 0.15) is 40.0 Å². The van der Waals surface area contributed by atoms with E-state index in [1.54, 1.807) is 0 Å². The SMILES string of the molecule is C=C(C)CCC(=O)NC(CNC)C(C)CC. The topological polar surface area (TPSA) is 41.1 Å². The summed E-state index contributed by atoms with van der Waals surface area (Å²) in [4.78, 5) is 11.7. The fourth-order valence-corrected chi connectivity index (χ4v) is 1.50. The normalized spacial score (nSPS) is 14.2. The monoisotopic (exact) mass is 226 g/mol. The molecule has 0 radical (unpaired) electrons. The second-order valence-corrected chi connectivity index (χ2v) is 4.57. The molecule has 2 N–H and O–H groups in total. The van der Waals surface area contributed by atoms with E-state index >= 15 is 0 Å². The maximum atomic E-state index is 11.7. The average Bonchev–Trinajstić information content (AvgIpc) is 2.24. The Bertz CT molecular complexity index is 226. The highest BCUT2D eigenvalue weighted by atomic mass is 16.1. The minimum Gasteiger partial charge on any atom is -0.352 e. The Hall–Kier alpha value is -0.830. The van der Waals surface area contributed by atoms with Gasteiger partial charge in [-0.25, -0.2) is 0 Å². The lowest BCUT2D eigenvalue weighted by Crippen LogP contribution is -2.45. The van der Waals surface area contributed by atoms with Crippen LogP contribution >= 0.6 is 0 Å². The molecule has 3 heteroatoms. The average molecular weight is 226 g/mol. The van der Waals surface area contributed by atoms with Crippen molar-refractivity contribution in [3.05, 3.63) is 12.2 Å². The van der Waals surface area contributed by atoms with Gasteiger partial charge in [0, 0.05) is 19.0 Å². The summed E-state index contributed by atoms with van der Waals surface area (Å²) >= 11 is 0. The second kappa shape index (κ2) is 8.34. The Morgan fingerprint density at radius 1 is 1.38 bits per heavy atom. The predicted octanol–water partition coefficient (Wildman–Crippen LogP) is 2.09. The van der Waals surface area contributed by atoms with Crippen molar-refractivity contribution in [3.63, 3.8) is 0 Å². The number of nitrogens with one attached hydrogen (secondary N) is 2. The van der Waals surface area contributed by atoms with Gasteiger partial charge in [-0.1, -0.05) is 25.8 Å². The summed E-state index contributed by atoms with van der Waals surface area (Å²) in [6, 6.07) is 0.229. The van der Waals surface area contributed by atoms with Gasteiger partial charge >= 0.3 is 0 Å². The van der Waals surface area contributed by atoms with Gasteiger partial charge in [0.2, 0.25) is 5.91 Å². The van der Waals surface area contributed by atoms with Crippen LogP contribution in [0.15, 0.2) is 12.2 Å². The summed E-state index contributed by atoms with van der Waals surface area (Å²) in [5.41, 5.74) is 1.06. The van der Waals surface area contributed by atoms with Crippen LogP contribution in [-0.2, 0) is 4.79 Å². The van der Waals surface area contributed by atoms with Gasteiger partial charge in [0.25, 0.3) is 0 Å². The smallest absolute Gasteiger partial charge is 0.220 e. The highest BCUT2D eigenvalue weighted by molar-refractivity contribution is 5.76. The Labute approximate surface area is 99.7 Å². The lowest BCUT2D eigenvalue weighted by Gasteiger charge is -2.24. The third-order valence-electron chi connectivity index (χ3n) is 2.88. The van der Waals surface area contributed by atoms with E-state index in [1.165, 1.54) is 0 Å². The number of hydrogen-bond donors (Lipinski definition) is 2. The van der Waals surface area contributed by atoms with Gasteiger partial charge in [-0.3, -0.25) is 4.79 Å². The van der Waals surface area contributed by atoms with E-state index in [0.717, 1.165) is 25.0 Å². The second-order valence-electron chi connectivity index (χ2n) is 4.57. The molecule has 0 aromatic rings. The quantitative estimate of drug-likeness (QED) is 0.622. The molecule has 2 unspecified atom stereocenters. The Balaban J connectivity index is 4.07. The van der Waals surface area contributed by atoms with Gasteiger partial charge in [0.15, 0.2) is 0 Å². The summed E-state index contributed by atoms with van der Waals surface area (Å²) in [6.07, 6.45) is 2.40. The Kier molecular flexibility index (Phi) is 7.90. The zero-order chi connectivity index (χ0) is 12.6. The number of hydrogen-bond acceptors (Lipinski definition) is 2. The highest BCUT2D eigenvalue weighted by Crippen LogP contribution is 2.08. The van der Waals surface area contributed by atoms with Crippen molar-refractivity contribution in [2.24, 2.45) is 5.92 Å². The van der Waals surface area contributed by atoms with E-state index in [1.807, 2.05) is 14.0 Å². The first-order chi connectivity index (χ1) is 7.51. The number of amides is 1. The molecule has 0 aromatic heterocycles. The maximum Gasteiger partial charge on any atom is 0.220 e. The standard InChI is InChI=1S/C13H26N2O/c1-6-11(4)12(9-14-5)15-13(16)8-7-10(2)3/h11-12,14H,2,6-9H2,1,3-5H3,(H,15,16). The number of likely N-dealkylation sites (N-methyl/N-ethyl adjacent to an activating group) is 1. The molecule has 0 bridgehead atoms. The van der Waals surface area contributed by atoms with E-state index in [9.17, 15) is 4.79 Å². The van der Waals surface area contributed by atoms with Gasteiger partial charge in [-0.2, -0.15) is 0 Å². The molecule has 2 atom stereocenters. The van der Waals surface area contributed by atoms with Crippen molar-refractivity contribution >= 4 is 5.91 Å². The van der Waals surface area contributed by atoms with E-state index < -0.39 is 0 Å². The minimum atomic E-state index is 0.128. The number of allylic oxidation sites excluding steroid dienone is 1. The summed E-state index contributed by atoms with van der Waals surface area (Å²) in [7, 11) is 1.91. The summed E-state index contributed by atoms with van der Waals surface area (Å²) in [5, 5.41) is 6.20. The fourth-order valence-electron chi connectivity index (χ4n) is 1.50. The third kappa shape index (κ3) is 6.62. The summed E-state index contributed by atoms with van der Waals surface area (Å²) in [6.45, 7) is 10.9. The molecule has 0 spiro atoms. The van der Waals surface area contributed by atoms with Crippen molar-refractivity contribution in [3.8, 4) is 0 Å². The van der Waals surface area contributed by atoms with Crippen molar-refractivity contribution in [2.75, 3.05) is 13.6 Å². The van der Waals surface area contributed by atoms with Crippen molar-refractivity contribution in [1.29, 1.82) is 0 Å². The first kappa shape index (κ1) is 15.2. The Morgan fingerprint density at radius 2 is 2.00 bits per heavy atom. The van der Waals surface area contributed by atoms with Gasteiger partial charge in [0.05, 0.1) is 0 Å². The molecule has 94 valence electrons. The molecular weight excluding hydrogens is 200 g/mol. The lowest BCUT2D eigenvalue weighted by atomic mass is 9.99. The molecule has 1 amide bonds. The van der Waals surface area contributed by atoms with Crippen LogP contribution in [0, 0.1) is 5.92 Å². The fraction of sp³-hybridized carbons (Fsp3) is 0.769. The number of carbonyl (C=O) groups excluding carboxylic acids is 1. The Morgan fingerprint density at radius 3 is 2.44 bits per heavy atom. The van der Waals surface area contributed by atoms with Gasteiger partial charge in [-0.05, 0) is 26.3 Å². The van der Waals surface area contributed by atoms with Crippen LogP contribution in [0.3, 0.4) is 0 Å². The van der Waals surface area contributed by atoms with E-state index in [0.29, 0.717) is 12.3 Å². The molecule has 0 aliphatic carbocycles. The van der Waals surface area contributed by atoms with Crippen LogP contribution in [0.5, 0.6) is 0 Å². The molecule has 0 saturated heterocycles. The predicted molar refractivity (Wildman–Crippen MR) is 69.4 cm³/mol. The van der Waals surface area contributed by atoms with Crippen molar-refractivity contribution < 1.29 is 4.79 Å². The summed E-state index contributed by atoms with van der Waals surface area (Å²) in [5.74, 6) is 0.629. The highest BCUT2D eigenvalue weighted by Gasteiger charge is 2.16. The van der Waals surface area contributed by atoms with E-state index in [2.05, 4.69) is 31.1 Å². The molecule has 0 rings (SSSR count). The van der Waals surface area contributed by atoms with Gasteiger partial charge in [0.1, 0.15) is 0 Å².